The molecule has 0 atom stereocenters. The Bertz CT molecular complexity index is 504. The molecule has 6 nitrogen and oxygen atoms in total. The van der Waals surface area contributed by atoms with Crippen molar-refractivity contribution >= 4 is 11.8 Å². The summed E-state index contributed by atoms with van der Waals surface area (Å²) in [5.74, 6) is 0.277. The van der Waals surface area contributed by atoms with Gasteiger partial charge in [-0.2, -0.15) is 0 Å². The van der Waals surface area contributed by atoms with Crippen LogP contribution in [0.3, 0.4) is 0 Å². The van der Waals surface area contributed by atoms with Gasteiger partial charge in [0, 0.05) is 26.1 Å². The highest BCUT2D eigenvalue weighted by molar-refractivity contribution is 5.97. The molecule has 0 bridgehead atoms. The molecule has 1 rings (SSSR count). The van der Waals surface area contributed by atoms with Gasteiger partial charge in [0.2, 0.25) is 5.91 Å². The standard InChI is InChI=1S/C17H27N3O3/c1-4-10-18-16(21)9-11-19-17(22)14-7-5-6-8-15(14)23-13-12-20(2)3/h5-8H,4,9-13H2,1-3H3,(H,18,21)(H,19,22). The van der Waals surface area contributed by atoms with Crippen LogP contribution < -0.4 is 15.4 Å². The molecular formula is C17H27N3O3. The molecule has 0 saturated carbocycles. The van der Waals surface area contributed by atoms with E-state index in [0.717, 1.165) is 13.0 Å². The van der Waals surface area contributed by atoms with Gasteiger partial charge in [0.15, 0.2) is 0 Å². The van der Waals surface area contributed by atoms with Crippen molar-refractivity contribution in [2.45, 2.75) is 19.8 Å². The number of carbonyl (C=O) groups is 2. The van der Waals surface area contributed by atoms with Crippen LogP contribution in [0.25, 0.3) is 0 Å². The van der Waals surface area contributed by atoms with Gasteiger partial charge in [0.1, 0.15) is 12.4 Å². The molecule has 2 amide bonds. The minimum absolute atomic E-state index is 0.0531. The Morgan fingerprint density at radius 1 is 1.13 bits per heavy atom. The summed E-state index contributed by atoms with van der Waals surface area (Å²) in [4.78, 5) is 25.7. The van der Waals surface area contributed by atoms with E-state index in [1.807, 2.05) is 32.0 Å². The first-order chi connectivity index (χ1) is 11.0. The molecule has 0 aliphatic heterocycles. The normalized spacial score (nSPS) is 10.4. The van der Waals surface area contributed by atoms with Crippen LogP contribution in [0.5, 0.6) is 5.75 Å². The summed E-state index contributed by atoms with van der Waals surface area (Å²) >= 11 is 0. The number of rotatable bonds is 10. The lowest BCUT2D eigenvalue weighted by molar-refractivity contribution is -0.120. The van der Waals surface area contributed by atoms with Gasteiger partial charge < -0.3 is 20.3 Å². The van der Waals surface area contributed by atoms with Crippen molar-refractivity contribution in [3.05, 3.63) is 29.8 Å². The van der Waals surface area contributed by atoms with Crippen molar-refractivity contribution in [1.29, 1.82) is 0 Å². The van der Waals surface area contributed by atoms with E-state index >= 15 is 0 Å². The predicted octanol–water partition coefficient (Wildman–Crippen LogP) is 1.27. The zero-order chi connectivity index (χ0) is 17.1. The number of para-hydroxylation sites is 1. The molecule has 128 valence electrons. The van der Waals surface area contributed by atoms with E-state index in [1.165, 1.54) is 0 Å². The van der Waals surface area contributed by atoms with Crippen molar-refractivity contribution in [2.24, 2.45) is 0 Å². The molecule has 0 spiro atoms. The smallest absolute Gasteiger partial charge is 0.255 e. The van der Waals surface area contributed by atoms with Crippen LogP contribution in [-0.4, -0.2) is 57.1 Å². The summed E-state index contributed by atoms with van der Waals surface area (Å²) in [6.07, 6.45) is 1.17. The first-order valence-electron chi connectivity index (χ1n) is 7.96. The second-order valence-corrected chi connectivity index (χ2v) is 5.50. The number of hydrogen-bond acceptors (Lipinski definition) is 4. The average Bonchev–Trinajstić information content (AvgIpc) is 2.53. The Morgan fingerprint density at radius 3 is 2.57 bits per heavy atom. The van der Waals surface area contributed by atoms with Gasteiger partial charge >= 0.3 is 0 Å². The molecule has 0 heterocycles. The average molecular weight is 321 g/mol. The molecule has 0 aliphatic rings. The maximum Gasteiger partial charge on any atom is 0.255 e. The Balaban J connectivity index is 2.47. The third-order valence-electron chi connectivity index (χ3n) is 3.14. The summed E-state index contributed by atoms with van der Waals surface area (Å²) < 4.78 is 5.67. The monoisotopic (exact) mass is 321 g/mol. The quantitative estimate of drug-likeness (QED) is 0.681. The number of benzene rings is 1. The Kier molecular flexibility index (Phi) is 8.75. The molecule has 1 aromatic carbocycles. The number of hydrogen-bond donors (Lipinski definition) is 2. The lowest BCUT2D eigenvalue weighted by Crippen LogP contribution is -2.31. The van der Waals surface area contributed by atoms with E-state index in [-0.39, 0.29) is 18.2 Å². The fourth-order valence-electron chi connectivity index (χ4n) is 1.86. The van der Waals surface area contributed by atoms with Crippen LogP contribution in [0.4, 0.5) is 0 Å². The summed E-state index contributed by atoms with van der Waals surface area (Å²) in [5, 5.41) is 5.53. The topological polar surface area (TPSA) is 70.7 Å². The van der Waals surface area contributed by atoms with Gasteiger partial charge in [-0.3, -0.25) is 9.59 Å². The van der Waals surface area contributed by atoms with Crippen LogP contribution in [0.15, 0.2) is 24.3 Å². The molecule has 0 fully saturated rings. The van der Waals surface area contributed by atoms with Crippen LogP contribution in [-0.2, 0) is 4.79 Å². The molecular weight excluding hydrogens is 294 g/mol. The lowest BCUT2D eigenvalue weighted by Gasteiger charge is -2.14. The summed E-state index contributed by atoms with van der Waals surface area (Å²) in [6, 6.07) is 7.12. The van der Waals surface area contributed by atoms with Gasteiger partial charge in [-0.25, -0.2) is 0 Å². The summed E-state index contributed by atoms with van der Waals surface area (Å²) in [6.45, 7) is 4.25. The third kappa shape index (κ3) is 7.65. The highest BCUT2D eigenvalue weighted by Gasteiger charge is 2.12. The highest BCUT2D eigenvalue weighted by atomic mass is 16.5. The van der Waals surface area contributed by atoms with E-state index in [2.05, 4.69) is 10.6 Å². The summed E-state index contributed by atoms with van der Waals surface area (Å²) in [7, 11) is 3.93. The Labute approximate surface area is 138 Å². The predicted molar refractivity (Wildman–Crippen MR) is 90.7 cm³/mol. The number of amides is 2. The third-order valence-corrected chi connectivity index (χ3v) is 3.14. The molecule has 2 N–H and O–H groups in total. The van der Waals surface area contributed by atoms with Crippen LogP contribution >= 0.6 is 0 Å². The maximum absolute atomic E-state index is 12.2. The zero-order valence-electron chi connectivity index (χ0n) is 14.2. The molecule has 0 aromatic heterocycles. The van der Waals surface area contributed by atoms with Crippen LogP contribution in [0.1, 0.15) is 30.1 Å². The number of ether oxygens (including phenoxy) is 1. The molecule has 1 aromatic rings. The maximum atomic E-state index is 12.2. The number of nitrogens with one attached hydrogen (secondary N) is 2. The van der Waals surface area contributed by atoms with E-state index in [1.54, 1.807) is 18.2 Å². The lowest BCUT2D eigenvalue weighted by atomic mass is 10.2. The second kappa shape index (κ2) is 10.6. The van der Waals surface area contributed by atoms with Crippen molar-refractivity contribution in [3.8, 4) is 5.75 Å². The first-order valence-corrected chi connectivity index (χ1v) is 7.96. The summed E-state index contributed by atoms with van der Waals surface area (Å²) in [5.41, 5.74) is 0.486. The minimum Gasteiger partial charge on any atom is -0.491 e. The van der Waals surface area contributed by atoms with E-state index in [4.69, 9.17) is 4.74 Å². The number of likely N-dealkylation sites (N-methyl/N-ethyl adjacent to an activating group) is 1. The molecule has 0 unspecified atom stereocenters. The fourth-order valence-corrected chi connectivity index (χ4v) is 1.86. The van der Waals surface area contributed by atoms with Crippen LogP contribution in [0, 0.1) is 0 Å². The Hall–Kier alpha value is -2.08. The molecule has 0 aliphatic carbocycles. The Morgan fingerprint density at radius 2 is 1.87 bits per heavy atom. The van der Waals surface area contributed by atoms with E-state index < -0.39 is 0 Å². The molecule has 0 saturated heterocycles. The fraction of sp³-hybridized carbons (Fsp3) is 0.529. The number of nitrogens with zero attached hydrogens (tertiary/aromatic N) is 1. The van der Waals surface area contributed by atoms with Crippen molar-refractivity contribution in [3.63, 3.8) is 0 Å². The SMILES string of the molecule is CCCNC(=O)CCNC(=O)c1ccccc1OCCN(C)C. The molecule has 6 heteroatoms. The van der Waals surface area contributed by atoms with E-state index in [9.17, 15) is 9.59 Å². The van der Waals surface area contributed by atoms with Crippen molar-refractivity contribution in [1.82, 2.24) is 15.5 Å². The van der Waals surface area contributed by atoms with Crippen LogP contribution in [0.2, 0.25) is 0 Å². The molecule has 23 heavy (non-hydrogen) atoms. The van der Waals surface area contributed by atoms with E-state index in [0.29, 0.717) is 31.0 Å². The van der Waals surface area contributed by atoms with Gasteiger partial charge in [0.05, 0.1) is 5.56 Å². The van der Waals surface area contributed by atoms with Crippen molar-refractivity contribution < 1.29 is 14.3 Å². The second-order valence-electron chi connectivity index (χ2n) is 5.50. The number of carbonyl (C=O) groups excluding carboxylic acids is 2. The highest BCUT2D eigenvalue weighted by Crippen LogP contribution is 2.17. The van der Waals surface area contributed by atoms with Gasteiger partial charge in [-0.15, -0.1) is 0 Å². The van der Waals surface area contributed by atoms with Crippen molar-refractivity contribution in [2.75, 3.05) is 40.3 Å². The zero-order valence-corrected chi connectivity index (χ0v) is 14.2. The first kappa shape index (κ1) is 19.0. The minimum atomic E-state index is -0.228. The molecule has 0 radical (unpaired) electrons. The van der Waals surface area contributed by atoms with Gasteiger partial charge in [0.25, 0.3) is 5.91 Å². The van der Waals surface area contributed by atoms with Gasteiger partial charge in [-0.1, -0.05) is 19.1 Å². The van der Waals surface area contributed by atoms with Gasteiger partial charge in [-0.05, 0) is 32.6 Å². The largest absolute Gasteiger partial charge is 0.491 e.